The Balaban J connectivity index is 0.00000288. The van der Waals surface area contributed by atoms with Crippen molar-refractivity contribution in [1.82, 2.24) is 15.1 Å². The third kappa shape index (κ3) is 6.12. The fourth-order valence-corrected chi connectivity index (χ4v) is 2.92. The Morgan fingerprint density at radius 2 is 1.96 bits per heavy atom. The summed E-state index contributed by atoms with van der Waals surface area (Å²) in [5.41, 5.74) is 1.19. The van der Waals surface area contributed by atoms with Crippen LogP contribution in [-0.2, 0) is 11.3 Å². The largest absolute Gasteiger partial charge is 0.450 e. The molecule has 8 heteroatoms. The van der Waals surface area contributed by atoms with Crippen molar-refractivity contribution in [3.05, 3.63) is 34.3 Å². The molecule has 0 atom stereocenters. The zero-order valence-corrected chi connectivity index (χ0v) is 17.9. The Morgan fingerprint density at radius 1 is 1.29 bits per heavy atom. The van der Waals surface area contributed by atoms with E-state index in [9.17, 15) is 4.79 Å². The van der Waals surface area contributed by atoms with Crippen LogP contribution in [0.4, 0.5) is 4.79 Å². The highest BCUT2D eigenvalue weighted by molar-refractivity contribution is 14.0. The highest BCUT2D eigenvalue weighted by Crippen LogP contribution is 2.11. The number of nitrogens with one attached hydrogen (secondary N) is 1. The summed E-state index contributed by atoms with van der Waals surface area (Å²) < 4.78 is 6.10. The number of halogens is 2. The number of nitrogens with zero attached hydrogens (tertiary/aromatic N) is 3. The van der Waals surface area contributed by atoms with Crippen molar-refractivity contribution >= 4 is 52.0 Å². The van der Waals surface area contributed by atoms with E-state index in [0.717, 1.165) is 23.5 Å². The predicted molar refractivity (Wildman–Crippen MR) is 110 cm³/mol. The third-order valence-electron chi connectivity index (χ3n) is 3.66. The average Bonchev–Trinajstić information content (AvgIpc) is 2.56. The van der Waals surface area contributed by atoms with Crippen molar-refractivity contribution in [1.29, 1.82) is 0 Å². The highest BCUT2D eigenvalue weighted by atomic mass is 127. The summed E-state index contributed by atoms with van der Waals surface area (Å²) in [4.78, 5) is 20.0. The summed E-state index contributed by atoms with van der Waals surface area (Å²) in [7, 11) is 1.78. The van der Waals surface area contributed by atoms with Gasteiger partial charge in [0.25, 0.3) is 0 Å². The van der Waals surface area contributed by atoms with Crippen LogP contribution in [0.3, 0.4) is 0 Å². The summed E-state index contributed by atoms with van der Waals surface area (Å²) in [6.07, 6.45) is -0.232. The SMILES string of the molecule is CCOC(=O)N1CCN(C(=NC)NCc2cccc(Br)c2)CC1.I. The maximum Gasteiger partial charge on any atom is 0.409 e. The molecular formula is C16H24BrIN4O2. The van der Waals surface area contributed by atoms with Crippen LogP contribution in [0.2, 0.25) is 0 Å². The van der Waals surface area contributed by atoms with Crippen LogP contribution in [0, 0.1) is 0 Å². The van der Waals surface area contributed by atoms with E-state index in [0.29, 0.717) is 26.2 Å². The number of carbonyl (C=O) groups is 1. The molecule has 1 aliphatic rings. The van der Waals surface area contributed by atoms with Gasteiger partial charge < -0.3 is 19.9 Å². The molecule has 0 aromatic heterocycles. The molecule has 1 aliphatic heterocycles. The molecule has 1 saturated heterocycles. The van der Waals surface area contributed by atoms with Crippen molar-refractivity contribution in [3.8, 4) is 0 Å². The predicted octanol–water partition coefficient (Wildman–Crippen LogP) is 2.92. The molecule has 0 aliphatic carbocycles. The van der Waals surface area contributed by atoms with Gasteiger partial charge in [0.05, 0.1) is 6.61 Å². The Bertz CT molecular complexity index is 563. The number of amides is 1. The molecule has 0 bridgehead atoms. The number of hydrogen-bond acceptors (Lipinski definition) is 3. The summed E-state index contributed by atoms with van der Waals surface area (Å²) in [6, 6.07) is 8.18. The molecule has 1 heterocycles. The molecule has 0 spiro atoms. The minimum absolute atomic E-state index is 0. The van der Waals surface area contributed by atoms with Crippen LogP contribution in [0.25, 0.3) is 0 Å². The first kappa shape index (κ1) is 21.0. The fraction of sp³-hybridized carbons (Fsp3) is 0.500. The molecule has 1 aromatic carbocycles. The summed E-state index contributed by atoms with van der Waals surface area (Å²) in [5, 5.41) is 3.37. The van der Waals surface area contributed by atoms with Gasteiger partial charge >= 0.3 is 6.09 Å². The Kier molecular flexibility index (Phi) is 9.42. The van der Waals surface area contributed by atoms with E-state index < -0.39 is 0 Å². The minimum Gasteiger partial charge on any atom is -0.450 e. The van der Waals surface area contributed by atoms with Gasteiger partial charge in [-0.15, -0.1) is 24.0 Å². The van der Waals surface area contributed by atoms with Crippen molar-refractivity contribution in [2.24, 2.45) is 4.99 Å². The van der Waals surface area contributed by atoms with Crippen molar-refractivity contribution in [2.45, 2.75) is 13.5 Å². The zero-order chi connectivity index (χ0) is 16.7. The zero-order valence-electron chi connectivity index (χ0n) is 14.0. The molecule has 0 unspecified atom stereocenters. The van der Waals surface area contributed by atoms with E-state index in [4.69, 9.17) is 4.74 Å². The van der Waals surface area contributed by atoms with Gasteiger partial charge in [-0.05, 0) is 24.6 Å². The topological polar surface area (TPSA) is 57.2 Å². The van der Waals surface area contributed by atoms with E-state index >= 15 is 0 Å². The van der Waals surface area contributed by atoms with Gasteiger partial charge in [-0.25, -0.2) is 4.79 Å². The minimum atomic E-state index is -0.232. The third-order valence-corrected chi connectivity index (χ3v) is 4.15. The first-order valence-corrected chi connectivity index (χ1v) is 8.55. The van der Waals surface area contributed by atoms with Crippen LogP contribution in [0.15, 0.2) is 33.7 Å². The van der Waals surface area contributed by atoms with Gasteiger partial charge in [-0.3, -0.25) is 4.99 Å². The van der Waals surface area contributed by atoms with Crippen LogP contribution >= 0.6 is 39.9 Å². The number of aliphatic imine (C=N–C) groups is 1. The number of piperazine rings is 1. The number of guanidine groups is 1. The number of hydrogen-bond donors (Lipinski definition) is 1. The van der Waals surface area contributed by atoms with E-state index in [2.05, 4.69) is 43.3 Å². The van der Waals surface area contributed by atoms with E-state index in [1.54, 1.807) is 11.9 Å². The summed E-state index contributed by atoms with van der Waals surface area (Å²) >= 11 is 3.48. The molecule has 0 saturated carbocycles. The van der Waals surface area contributed by atoms with Gasteiger partial charge in [0.15, 0.2) is 5.96 Å². The second-order valence-corrected chi connectivity index (χ2v) is 6.12. The van der Waals surface area contributed by atoms with Crippen LogP contribution < -0.4 is 5.32 Å². The van der Waals surface area contributed by atoms with Gasteiger partial charge in [0.2, 0.25) is 0 Å². The van der Waals surface area contributed by atoms with Crippen molar-refractivity contribution in [3.63, 3.8) is 0 Å². The smallest absolute Gasteiger partial charge is 0.409 e. The molecule has 1 N–H and O–H groups in total. The summed E-state index contributed by atoms with van der Waals surface area (Å²) in [5.74, 6) is 0.855. The molecular weight excluding hydrogens is 487 g/mol. The molecule has 1 fully saturated rings. The molecule has 0 radical (unpaired) electrons. The van der Waals surface area contributed by atoms with Crippen LogP contribution in [-0.4, -0.2) is 61.7 Å². The number of carbonyl (C=O) groups excluding carboxylic acids is 1. The Hall–Kier alpha value is -1.03. The lowest BCUT2D eigenvalue weighted by Gasteiger charge is -2.35. The standard InChI is InChI=1S/C16H23BrN4O2.HI/c1-3-23-16(22)21-9-7-20(8-10-21)15(18-2)19-12-13-5-4-6-14(17)11-13;/h4-6,11H,3,7-10,12H2,1-2H3,(H,18,19);1H. The lowest BCUT2D eigenvalue weighted by atomic mass is 10.2. The first-order valence-electron chi connectivity index (χ1n) is 7.75. The van der Waals surface area contributed by atoms with Gasteiger partial charge in [0.1, 0.15) is 0 Å². The number of rotatable bonds is 3. The van der Waals surface area contributed by atoms with Gasteiger partial charge in [-0.1, -0.05) is 28.1 Å². The second kappa shape index (κ2) is 10.8. The molecule has 2 rings (SSSR count). The molecule has 1 amide bonds. The number of benzene rings is 1. The van der Waals surface area contributed by atoms with E-state index in [1.807, 2.05) is 19.1 Å². The first-order chi connectivity index (χ1) is 11.1. The monoisotopic (exact) mass is 510 g/mol. The maximum absolute atomic E-state index is 11.7. The van der Waals surface area contributed by atoms with Crippen molar-refractivity contribution < 1.29 is 9.53 Å². The Labute approximate surface area is 168 Å². The quantitative estimate of drug-likeness (QED) is 0.386. The van der Waals surface area contributed by atoms with Gasteiger partial charge in [0, 0.05) is 44.2 Å². The number of ether oxygens (including phenoxy) is 1. The molecule has 24 heavy (non-hydrogen) atoms. The van der Waals surface area contributed by atoms with Gasteiger partial charge in [-0.2, -0.15) is 0 Å². The van der Waals surface area contributed by atoms with E-state index in [1.165, 1.54) is 5.56 Å². The molecule has 1 aromatic rings. The maximum atomic E-state index is 11.7. The van der Waals surface area contributed by atoms with Crippen LogP contribution in [0.5, 0.6) is 0 Å². The van der Waals surface area contributed by atoms with E-state index in [-0.39, 0.29) is 30.1 Å². The lowest BCUT2D eigenvalue weighted by Crippen LogP contribution is -2.53. The fourth-order valence-electron chi connectivity index (χ4n) is 2.48. The highest BCUT2D eigenvalue weighted by Gasteiger charge is 2.23. The molecule has 6 nitrogen and oxygen atoms in total. The van der Waals surface area contributed by atoms with Crippen LogP contribution in [0.1, 0.15) is 12.5 Å². The summed E-state index contributed by atoms with van der Waals surface area (Å²) in [6.45, 7) is 5.74. The lowest BCUT2D eigenvalue weighted by molar-refractivity contribution is 0.0914. The second-order valence-electron chi connectivity index (χ2n) is 5.20. The van der Waals surface area contributed by atoms with Crippen molar-refractivity contribution in [2.75, 3.05) is 39.8 Å². The molecule has 134 valence electrons. The normalized spacial score (nSPS) is 14.9. The Morgan fingerprint density at radius 3 is 2.54 bits per heavy atom. The average molecular weight is 511 g/mol.